The molecule has 1 aromatic carbocycles. The van der Waals surface area contributed by atoms with Crippen molar-refractivity contribution < 1.29 is 4.92 Å². The van der Waals surface area contributed by atoms with Gasteiger partial charge in [0.1, 0.15) is 5.82 Å². The van der Waals surface area contributed by atoms with Crippen LogP contribution in [0.5, 0.6) is 0 Å². The van der Waals surface area contributed by atoms with E-state index in [0.717, 1.165) is 50.7 Å². The number of nitrogens with zero attached hydrogens (tertiary/aromatic N) is 5. The van der Waals surface area contributed by atoms with Crippen LogP contribution in [0.4, 0.5) is 11.5 Å². The number of likely N-dealkylation sites (N-methyl/N-ethyl adjacent to an activating group) is 1. The summed E-state index contributed by atoms with van der Waals surface area (Å²) in [5.41, 5.74) is 1.59. The lowest BCUT2D eigenvalue weighted by Gasteiger charge is -2.23. The summed E-state index contributed by atoms with van der Waals surface area (Å²) in [7, 11) is 0. The highest BCUT2D eigenvalue weighted by atomic mass is 16.6. The lowest BCUT2D eigenvalue weighted by Crippen LogP contribution is -2.31. The summed E-state index contributed by atoms with van der Waals surface area (Å²) in [6.45, 7) is 9.20. The van der Waals surface area contributed by atoms with Gasteiger partial charge >= 0.3 is 0 Å². The molecule has 2 heterocycles. The van der Waals surface area contributed by atoms with Gasteiger partial charge in [0.2, 0.25) is 0 Å². The molecule has 0 saturated carbocycles. The molecule has 3 rings (SSSR count). The topological polar surface area (TPSA) is 75.4 Å². The normalized spacial score (nSPS) is 15.8. The monoisotopic (exact) mass is 341 g/mol. The molecule has 0 amide bonds. The molecule has 0 radical (unpaired) electrons. The minimum absolute atomic E-state index is 0.0533. The predicted octanol–water partition coefficient (Wildman–Crippen LogP) is 2.89. The third-order valence-electron chi connectivity index (χ3n) is 4.52. The van der Waals surface area contributed by atoms with Crippen LogP contribution >= 0.6 is 0 Å². The summed E-state index contributed by atoms with van der Waals surface area (Å²) in [5, 5.41) is 11.0. The Morgan fingerprint density at radius 3 is 2.76 bits per heavy atom. The first-order valence-corrected chi connectivity index (χ1v) is 8.64. The van der Waals surface area contributed by atoms with E-state index in [-0.39, 0.29) is 5.69 Å². The van der Waals surface area contributed by atoms with Crippen molar-refractivity contribution in [3.8, 4) is 11.4 Å². The summed E-state index contributed by atoms with van der Waals surface area (Å²) < 4.78 is 0. The van der Waals surface area contributed by atoms with Gasteiger partial charge in [-0.2, -0.15) is 0 Å². The van der Waals surface area contributed by atoms with Crippen molar-refractivity contribution in [1.29, 1.82) is 0 Å². The number of non-ortho nitro benzene ring substituents is 1. The van der Waals surface area contributed by atoms with Gasteiger partial charge in [-0.1, -0.05) is 19.1 Å². The molecule has 7 nitrogen and oxygen atoms in total. The maximum absolute atomic E-state index is 11.0. The van der Waals surface area contributed by atoms with Crippen LogP contribution in [0.1, 0.15) is 19.0 Å². The molecule has 1 saturated heterocycles. The Morgan fingerprint density at radius 2 is 2.00 bits per heavy atom. The summed E-state index contributed by atoms with van der Waals surface area (Å²) >= 11 is 0. The lowest BCUT2D eigenvalue weighted by atomic mass is 10.2. The highest BCUT2D eigenvalue weighted by Crippen LogP contribution is 2.24. The summed E-state index contributed by atoms with van der Waals surface area (Å²) in [5.74, 6) is 1.43. The Hall–Kier alpha value is -2.54. The van der Waals surface area contributed by atoms with Crippen LogP contribution in [0.2, 0.25) is 0 Å². The molecule has 0 bridgehead atoms. The molecular formula is C18H23N5O2. The van der Waals surface area contributed by atoms with Gasteiger partial charge in [0.05, 0.1) is 4.92 Å². The molecule has 1 aliphatic heterocycles. The van der Waals surface area contributed by atoms with Gasteiger partial charge in [0.15, 0.2) is 5.82 Å². The van der Waals surface area contributed by atoms with Crippen LogP contribution in [0.15, 0.2) is 30.3 Å². The summed E-state index contributed by atoms with van der Waals surface area (Å²) in [6.07, 6.45) is 1.10. The van der Waals surface area contributed by atoms with Gasteiger partial charge in [0.25, 0.3) is 5.69 Å². The van der Waals surface area contributed by atoms with Gasteiger partial charge in [0, 0.05) is 49.1 Å². The molecule has 2 aromatic rings. The van der Waals surface area contributed by atoms with Gasteiger partial charge in [-0.05, 0) is 26.4 Å². The maximum atomic E-state index is 11.0. The van der Waals surface area contributed by atoms with Gasteiger partial charge in [-0.15, -0.1) is 0 Å². The van der Waals surface area contributed by atoms with Crippen LogP contribution in [0, 0.1) is 17.0 Å². The number of benzene rings is 1. The Kier molecular flexibility index (Phi) is 5.23. The van der Waals surface area contributed by atoms with Gasteiger partial charge in [-0.3, -0.25) is 10.1 Å². The predicted molar refractivity (Wildman–Crippen MR) is 97.8 cm³/mol. The quantitative estimate of drug-likeness (QED) is 0.629. The van der Waals surface area contributed by atoms with Crippen molar-refractivity contribution >= 4 is 11.5 Å². The maximum Gasteiger partial charge on any atom is 0.270 e. The first kappa shape index (κ1) is 17.3. The van der Waals surface area contributed by atoms with E-state index >= 15 is 0 Å². The van der Waals surface area contributed by atoms with Gasteiger partial charge < -0.3 is 9.80 Å². The number of hydrogen-bond acceptors (Lipinski definition) is 6. The van der Waals surface area contributed by atoms with Crippen molar-refractivity contribution in [3.63, 3.8) is 0 Å². The second-order valence-electron chi connectivity index (χ2n) is 6.27. The van der Waals surface area contributed by atoms with Crippen LogP contribution in [0.3, 0.4) is 0 Å². The van der Waals surface area contributed by atoms with Crippen molar-refractivity contribution in [2.75, 3.05) is 37.6 Å². The molecule has 0 atom stereocenters. The minimum Gasteiger partial charge on any atom is -0.355 e. The third kappa shape index (κ3) is 4.11. The van der Waals surface area contributed by atoms with Crippen molar-refractivity contribution in [2.24, 2.45) is 0 Å². The second kappa shape index (κ2) is 7.57. The SMILES string of the molecule is CCN1CCCN(c2cc(C)nc(-c3cccc([N+](=O)[O-])c3)n2)CC1. The molecule has 7 heteroatoms. The first-order chi connectivity index (χ1) is 12.1. The fraction of sp³-hybridized carbons (Fsp3) is 0.444. The standard InChI is InChI=1S/C18H23N5O2/c1-3-21-8-5-9-22(11-10-21)17-12-14(2)19-18(20-17)15-6-4-7-16(13-15)23(24)25/h4,6-7,12-13H,3,5,8-11H2,1-2H3. The van der Waals surface area contributed by atoms with E-state index in [9.17, 15) is 10.1 Å². The first-order valence-electron chi connectivity index (χ1n) is 8.64. The fourth-order valence-corrected chi connectivity index (χ4v) is 3.12. The molecule has 0 spiro atoms. The zero-order chi connectivity index (χ0) is 17.8. The van der Waals surface area contributed by atoms with E-state index < -0.39 is 4.92 Å². The Labute approximate surface area is 147 Å². The Balaban J connectivity index is 1.90. The number of aromatic nitrogens is 2. The number of nitro groups is 1. The average Bonchev–Trinajstić information content (AvgIpc) is 2.87. The number of rotatable bonds is 4. The molecule has 1 aromatic heterocycles. The summed E-state index contributed by atoms with van der Waals surface area (Å²) in [4.78, 5) is 24.5. The van der Waals surface area contributed by atoms with E-state index in [1.807, 2.05) is 19.1 Å². The zero-order valence-electron chi connectivity index (χ0n) is 14.7. The number of nitro benzene ring substituents is 1. The molecule has 0 N–H and O–H groups in total. The second-order valence-corrected chi connectivity index (χ2v) is 6.27. The average molecular weight is 341 g/mol. The van der Waals surface area contributed by atoms with Crippen molar-refractivity contribution in [1.82, 2.24) is 14.9 Å². The van der Waals surface area contributed by atoms with E-state index in [1.165, 1.54) is 12.1 Å². The van der Waals surface area contributed by atoms with E-state index in [4.69, 9.17) is 4.98 Å². The van der Waals surface area contributed by atoms with Crippen LogP contribution in [-0.2, 0) is 0 Å². The Morgan fingerprint density at radius 1 is 1.16 bits per heavy atom. The Bertz CT molecular complexity index is 765. The van der Waals surface area contributed by atoms with E-state index in [1.54, 1.807) is 6.07 Å². The largest absolute Gasteiger partial charge is 0.355 e. The van der Waals surface area contributed by atoms with Crippen LogP contribution in [0.25, 0.3) is 11.4 Å². The molecule has 132 valence electrons. The van der Waals surface area contributed by atoms with Crippen LogP contribution in [-0.4, -0.2) is 52.5 Å². The molecule has 0 unspecified atom stereocenters. The van der Waals surface area contributed by atoms with E-state index in [2.05, 4.69) is 21.7 Å². The van der Waals surface area contributed by atoms with Crippen LogP contribution < -0.4 is 4.90 Å². The number of aryl methyl sites for hydroxylation is 1. The molecule has 1 aliphatic rings. The lowest BCUT2D eigenvalue weighted by molar-refractivity contribution is -0.384. The van der Waals surface area contributed by atoms with Crippen molar-refractivity contribution in [2.45, 2.75) is 20.3 Å². The highest BCUT2D eigenvalue weighted by Gasteiger charge is 2.17. The zero-order valence-corrected chi connectivity index (χ0v) is 14.7. The third-order valence-corrected chi connectivity index (χ3v) is 4.52. The van der Waals surface area contributed by atoms with E-state index in [0.29, 0.717) is 11.4 Å². The minimum atomic E-state index is -0.394. The molecule has 1 fully saturated rings. The smallest absolute Gasteiger partial charge is 0.270 e. The molecular weight excluding hydrogens is 318 g/mol. The fourth-order valence-electron chi connectivity index (χ4n) is 3.12. The van der Waals surface area contributed by atoms with Crippen molar-refractivity contribution in [3.05, 3.63) is 46.1 Å². The summed E-state index contributed by atoms with van der Waals surface area (Å²) in [6, 6.07) is 8.48. The molecule has 25 heavy (non-hydrogen) atoms. The van der Waals surface area contributed by atoms with Gasteiger partial charge in [-0.25, -0.2) is 9.97 Å². The highest BCUT2D eigenvalue weighted by molar-refractivity contribution is 5.61. The number of anilines is 1. The molecule has 0 aliphatic carbocycles. The number of hydrogen-bond donors (Lipinski definition) is 0.